The Morgan fingerprint density at radius 2 is 1.55 bits per heavy atom. The first-order valence-electron chi connectivity index (χ1n) is 11.1. The van der Waals surface area contributed by atoms with Crippen LogP contribution in [0, 0.1) is 5.92 Å². The lowest BCUT2D eigenvalue weighted by Crippen LogP contribution is -2.42. The molecule has 174 valence electrons. The van der Waals surface area contributed by atoms with E-state index in [1.165, 1.54) is 11.1 Å². The van der Waals surface area contributed by atoms with Crippen LogP contribution in [0.25, 0.3) is 0 Å². The molecule has 0 aliphatic carbocycles. The third-order valence-corrected chi connectivity index (χ3v) is 5.88. The predicted octanol–water partition coefficient (Wildman–Crippen LogP) is 2.70. The lowest BCUT2D eigenvalue weighted by Gasteiger charge is -2.36. The third-order valence-electron chi connectivity index (χ3n) is 5.88. The summed E-state index contributed by atoms with van der Waals surface area (Å²) in [5.74, 6) is -1.75. The fraction of sp³-hybridized carbons (Fsp3) is 0.360. The number of amides is 1. The van der Waals surface area contributed by atoms with E-state index in [1.54, 1.807) is 12.3 Å². The van der Waals surface area contributed by atoms with Gasteiger partial charge in [0.05, 0.1) is 0 Å². The molecular weight excluding hydrogens is 422 g/mol. The van der Waals surface area contributed by atoms with Crippen molar-refractivity contribution >= 4 is 17.8 Å². The minimum Gasteiger partial charge on any atom is -0.478 e. The van der Waals surface area contributed by atoms with Gasteiger partial charge >= 0.3 is 11.9 Å². The van der Waals surface area contributed by atoms with Gasteiger partial charge in [0.2, 0.25) is 0 Å². The molecule has 0 spiro atoms. The van der Waals surface area contributed by atoms with Crippen LogP contribution >= 0.6 is 0 Å². The van der Waals surface area contributed by atoms with Crippen molar-refractivity contribution < 1.29 is 24.6 Å². The number of carbonyl (C=O) groups excluding carboxylic acids is 1. The van der Waals surface area contributed by atoms with Crippen LogP contribution in [0.1, 0.15) is 34.5 Å². The molecule has 0 saturated carbocycles. The van der Waals surface area contributed by atoms with Gasteiger partial charge in [-0.05, 0) is 48.4 Å². The lowest BCUT2D eigenvalue weighted by molar-refractivity contribution is -0.134. The Labute approximate surface area is 193 Å². The standard InChI is InChI=1S/C21H25N3O.C4H4O4/c25-21(20-7-3-4-11-22-20)24-13-8-17(9-14-24)15-23-12-10-18-5-1-2-6-19(18)16-23;5-3(6)1-2-4(7)8/h1-7,11,17H,8-10,12-16H2;1-2H,(H,5,6)(H,7,8)/b;2-1+. The van der Waals surface area contributed by atoms with E-state index in [1.807, 2.05) is 17.0 Å². The van der Waals surface area contributed by atoms with Gasteiger partial charge in [-0.15, -0.1) is 0 Å². The van der Waals surface area contributed by atoms with Crippen LogP contribution in [0.4, 0.5) is 0 Å². The molecule has 2 aromatic rings. The molecule has 33 heavy (non-hydrogen) atoms. The Hall–Kier alpha value is -3.52. The number of fused-ring (bicyclic) bond motifs is 1. The Kier molecular flexibility index (Phi) is 8.71. The Balaban J connectivity index is 0.000000331. The molecule has 8 heteroatoms. The molecule has 0 unspecified atom stereocenters. The van der Waals surface area contributed by atoms with Crippen LogP contribution in [-0.2, 0) is 22.6 Å². The molecule has 3 heterocycles. The highest BCUT2D eigenvalue weighted by molar-refractivity contribution is 5.92. The zero-order valence-electron chi connectivity index (χ0n) is 18.5. The molecule has 0 bridgehead atoms. The summed E-state index contributed by atoms with van der Waals surface area (Å²) in [7, 11) is 0. The van der Waals surface area contributed by atoms with Crippen molar-refractivity contribution in [2.24, 2.45) is 5.92 Å². The van der Waals surface area contributed by atoms with E-state index >= 15 is 0 Å². The van der Waals surface area contributed by atoms with Gasteiger partial charge in [0, 0.05) is 51.1 Å². The van der Waals surface area contributed by atoms with Crippen LogP contribution < -0.4 is 0 Å². The van der Waals surface area contributed by atoms with E-state index in [0.29, 0.717) is 23.8 Å². The summed E-state index contributed by atoms with van der Waals surface area (Å²) in [5.41, 5.74) is 3.56. The second-order valence-corrected chi connectivity index (χ2v) is 8.21. The number of carbonyl (C=O) groups is 3. The van der Waals surface area contributed by atoms with Crippen LogP contribution in [-0.4, -0.2) is 69.0 Å². The summed E-state index contributed by atoms with van der Waals surface area (Å²) in [5, 5.41) is 15.6. The Bertz CT molecular complexity index is 969. The first-order chi connectivity index (χ1) is 15.9. The third kappa shape index (κ3) is 7.54. The molecule has 4 rings (SSSR count). The topological polar surface area (TPSA) is 111 Å². The fourth-order valence-corrected chi connectivity index (χ4v) is 4.19. The predicted molar refractivity (Wildman–Crippen MR) is 123 cm³/mol. The minimum absolute atomic E-state index is 0.0750. The number of aliphatic carboxylic acids is 2. The first-order valence-corrected chi connectivity index (χ1v) is 11.1. The maximum atomic E-state index is 12.5. The number of hydrogen-bond donors (Lipinski definition) is 2. The maximum absolute atomic E-state index is 12.5. The van der Waals surface area contributed by atoms with Crippen molar-refractivity contribution in [2.45, 2.75) is 25.8 Å². The quantitative estimate of drug-likeness (QED) is 0.673. The van der Waals surface area contributed by atoms with Gasteiger partial charge < -0.3 is 15.1 Å². The zero-order valence-corrected chi connectivity index (χ0v) is 18.5. The Morgan fingerprint density at radius 1 is 0.909 bits per heavy atom. The van der Waals surface area contributed by atoms with Gasteiger partial charge in [0.25, 0.3) is 5.91 Å². The largest absolute Gasteiger partial charge is 0.478 e. The number of hydrogen-bond acceptors (Lipinski definition) is 5. The molecule has 2 aliphatic heterocycles. The van der Waals surface area contributed by atoms with E-state index in [9.17, 15) is 14.4 Å². The monoisotopic (exact) mass is 451 g/mol. The molecule has 0 radical (unpaired) electrons. The average molecular weight is 452 g/mol. The number of pyridine rings is 1. The van der Waals surface area contributed by atoms with E-state index in [-0.39, 0.29) is 5.91 Å². The zero-order chi connectivity index (χ0) is 23.6. The SMILES string of the molecule is O=C(O)/C=C/C(=O)O.O=C(c1ccccn1)N1CCC(CN2CCc3ccccc3C2)CC1. The summed E-state index contributed by atoms with van der Waals surface area (Å²) in [6.45, 7) is 5.09. The van der Waals surface area contributed by atoms with Gasteiger partial charge in [-0.2, -0.15) is 0 Å². The number of likely N-dealkylation sites (tertiary alicyclic amines) is 1. The van der Waals surface area contributed by atoms with Crippen LogP contribution in [0.3, 0.4) is 0 Å². The molecule has 8 nitrogen and oxygen atoms in total. The molecule has 2 aliphatic rings. The van der Waals surface area contributed by atoms with Gasteiger partial charge in [-0.25, -0.2) is 9.59 Å². The van der Waals surface area contributed by atoms with Gasteiger partial charge in [0.1, 0.15) is 5.69 Å². The van der Waals surface area contributed by atoms with E-state index in [4.69, 9.17) is 10.2 Å². The summed E-state index contributed by atoms with van der Waals surface area (Å²) in [6.07, 6.45) is 6.15. The molecule has 1 aromatic carbocycles. The van der Waals surface area contributed by atoms with Crippen molar-refractivity contribution in [3.05, 3.63) is 77.6 Å². The molecule has 1 aromatic heterocycles. The highest BCUT2D eigenvalue weighted by Crippen LogP contribution is 2.24. The number of aromatic nitrogens is 1. The Morgan fingerprint density at radius 3 is 2.15 bits per heavy atom. The van der Waals surface area contributed by atoms with Crippen LogP contribution in [0.2, 0.25) is 0 Å². The summed E-state index contributed by atoms with van der Waals surface area (Å²) >= 11 is 0. The number of piperidine rings is 1. The summed E-state index contributed by atoms with van der Waals surface area (Å²) in [4.78, 5) is 40.3. The summed E-state index contributed by atoms with van der Waals surface area (Å²) < 4.78 is 0. The molecule has 1 saturated heterocycles. The maximum Gasteiger partial charge on any atom is 0.328 e. The number of carboxylic acids is 2. The minimum atomic E-state index is -1.26. The second-order valence-electron chi connectivity index (χ2n) is 8.21. The van der Waals surface area contributed by atoms with Gasteiger partial charge in [-0.1, -0.05) is 30.3 Å². The smallest absolute Gasteiger partial charge is 0.328 e. The number of rotatable bonds is 5. The van der Waals surface area contributed by atoms with E-state index < -0.39 is 11.9 Å². The van der Waals surface area contributed by atoms with Crippen molar-refractivity contribution in [3.63, 3.8) is 0 Å². The molecule has 1 amide bonds. The highest BCUT2D eigenvalue weighted by Gasteiger charge is 2.26. The first kappa shape index (κ1) is 24.1. The lowest BCUT2D eigenvalue weighted by atomic mass is 9.93. The van der Waals surface area contributed by atoms with Crippen molar-refractivity contribution in [2.75, 3.05) is 26.2 Å². The summed E-state index contributed by atoms with van der Waals surface area (Å²) in [6, 6.07) is 14.3. The van der Waals surface area contributed by atoms with Crippen molar-refractivity contribution in [3.8, 4) is 0 Å². The number of nitrogens with zero attached hydrogens (tertiary/aromatic N) is 3. The van der Waals surface area contributed by atoms with Gasteiger partial charge in [0.15, 0.2) is 0 Å². The van der Waals surface area contributed by atoms with Crippen molar-refractivity contribution in [1.82, 2.24) is 14.8 Å². The highest BCUT2D eigenvalue weighted by atomic mass is 16.4. The number of benzene rings is 1. The van der Waals surface area contributed by atoms with Gasteiger partial charge in [-0.3, -0.25) is 14.7 Å². The normalized spacial score (nSPS) is 16.5. The van der Waals surface area contributed by atoms with E-state index in [0.717, 1.165) is 52.0 Å². The van der Waals surface area contributed by atoms with Crippen LogP contribution in [0.15, 0.2) is 60.8 Å². The average Bonchev–Trinajstić information content (AvgIpc) is 2.84. The van der Waals surface area contributed by atoms with E-state index in [2.05, 4.69) is 34.1 Å². The fourth-order valence-electron chi connectivity index (χ4n) is 4.19. The molecule has 0 atom stereocenters. The second kappa shape index (κ2) is 11.9. The van der Waals surface area contributed by atoms with Crippen LogP contribution in [0.5, 0.6) is 0 Å². The molecule has 2 N–H and O–H groups in total. The number of carboxylic acid groups (broad SMARTS) is 2. The molecular formula is C25H29N3O5. The molecule has 1 fully saturated rings. The van der Waals surface area contributed by atoms with Crippen molar-refractivity contribution in [1.29, 1.82) is 0 Å².